The molecule has 1 aliphatic rings. The van der Waals surface area contributed by atoms with E-state index in [0.717, 1.165) is 0 Å². The van der Waals surface area contributed by atoms with Gasteiger partial charge in [-0.3, -0.25) is 58.1 Å². The van der Waals surface area contributed by atoms with E-state index in [2.05, 4.69) is 62.2 Å². The number of nitrogens with zero attached hydrogens (tertiary/aromatic N) is 5. The fourth-order valence-electron chi connectivity index (χ4n) is 8.05. The number of carbonyl (C=O) groups excluding carboxylic acids is 8. The van der Waals surface area contributed by atoms with E-state index < -0.39 is 126 Å². The number of carboxylic acid groups (broad SMARTS) is 2. The Morgan fingerprint density at radius 2 is 1.19 bits per heavy atom. The predicted octanol–water partition coefficient (Wildman–Crippen LogP) is -7.20. The molecule has 0 saturated carbocycles. The second-order valence-corrected chi connectivity index (χ2v) is 19.0. The van der Waals surface area contributed by atoms with Gasteiger partial charge in [0.25, 0.3) is 0 Å². The summed E-state index contributed by atoms with van der Waals surface area (Å²) in [5, 5.41) is 36.9. The smallest absolute Gasteiger partial charge is 0.326 e. The number of rotatable bonds is 37. The highest BCUT2D eigenvalue weighted by atomic mass is 16.4. The number of hydrogen-bond donors (Lipinski definition) is 18. The lowest BCUT2D eigenvalue weighted by molar-refractivity contribution is -0.142. The van der Waals surface area contributed by atoms with Crippen LogP contribution in [0.25, 0.3) is 0 Å². The molecule has 1 fully saturated rings. The van der Waals surface area contributed by atoms with Crippen molar-refractivity contribution in [3.05, 3.63) is 18.2 Å². The molecule has 8 atom stereocenters. The van der Waals surface area contributed by atoms with Crippen molar-refractivity contribution in [3.8, 4) is 0 Å². The zero-order chi connectivity index (χ0) is 59.2. The van der Waals surface area contributed by atoms with Crippen molar-refractivity contribution in [1.29, 1.82) is 0 Å². The summed E-state index contributed by atoms with van der Waals surface area (Å²) in [6, 6.07) is -10.7. The van der Waals surface area contributed by atoms with Gasteiger partial charge in [0.1, 0.15) is 42.3 Å². The molecule has 26 N–H and O–H groups in total. The predicted molar refractivity (Wildman–Crippen MR) is 287 cm³/mol. The number of H-pyrrole nitrogens is 1. The van der Waals surface area contributed by atoms with Crippen molar-refractivity contribution in [1.82, 2.24) is 52.1 Å². The summed E-state index contributed by atoms with van der Waals surface area (Å²) < 4.78 is 0. The highest BCUT2D eigenvalue weighted by Crippen LogP contribution is 2.20. The number of carbonyl (C=O) groups is 10. The molecule has 0 aliphatic carbocycles. The highest BCUT2D eigenvalue weighted by molar-refractivity contribution is 5.98. The van der Waals surface area contributed by atoms with Crippen LogP contribution in [0.1, 0.15) is 96.6 Å². The number of aromatic nitrogens is 2. The molecule has 8 amide bonds. The average Bonchev–Trinajstić information content (AvgIpc) is 4.10. The van der Waals surface area contributed by atoms with Crippen LogP contribution in [-0.4, -0.2) is 190 Å². The molecule has 79 heavy (non-hydrogen) atoms. The lowest BCUT2D eigenvalue weighted by Gasteiger charge is -2.30. The third kappa shape index (κ3) is 25.6. The first kappa shape index (κ1) is 66.8. The Morgan fingerprint density at radius 3 is 1.71 bits per heavy atom. The number of amides is 8. The minimum atomic E-state index is -1.79. The molecule has 1 aliphatic heterocycles. The Kier molecular flexibility index (Phi) is 29.7. The monoisotopic (exact) mass is 1120 g/mol. The molecule has 2 heterocycles. The molecular formula is C46H81N21O12. The minimum Gasteiger partial charge on any atom is -0.481 e. The number of aliphatic carboxylic acids is 2. The topological polar surface area (TPSA) is 573 Å². The largest absolute Gasteiger partial charge is 0.481 e. The third-order valence-electron chi connectivity index (χ3n) is 12.2. The molecular weight excluding hydrogens is 1040 g/mol. The van der Waals surface area contributed by atoms with Crippen LogP contribution in [-0.2, 0) is 54.4 Å². The number of likely N-dealkylation sites (tertiary alicyclic amines) is 1. The first-order valence-corrected chi connectivity index (χ1v) is 25.8. The molecule has 0 aromatic carbocycles. The second-order valence-electron chi connectivity index (χ2n) is 19.0. The molecule has 8 unspecified atom stereocenters. The van der Waals surface area contributed by atoms with Gasteiger partial charge in [-0.15, -0.1) is 0 Å². The van der Waals surface area contributed by atoms with Gasteiger partial charge in [-0.2, -0.15) is 0 Å². The lowest BCUT2D eigenvalue weighted by atomic mass is 10.0. The minimum absolute atomic E-state index is 0.0135. The Balaban J connectivity index is 2.24. The molecule has 1 aromatic rings. The number of nitrogens with one attached hydrogen (secondary N) is 8. The maximum atomic E-state index is 14.4. The summed E-state index contributed by atoms with van der Waals surface area (Å²) in [5.41, 5.74) is 44.5. The SMILES string of the molecule is CC(C)C(NC(=O)C(CC(=O)O)NC(=O)CNC(=O)C1CCCN1C(=O)C(Cc1cnc[nH]1)NC(=O)C(CCCN=C(N)N)NC(=O)C(N)CCCN=C(N)N)C(=O)NC(CCCCN)C(=O)NC(CCCN=C(N)N)C(=O)O. The van der Waals surface area contributed by atoms with Crippen molar-refractivity contribution in [2.75, 3.05) is 39.3 Å². The summed E-state index contributed by atoms with van der Waals surface area (Å²) in [6.45, 7) is 3.00. The van der Waals surface area contributed by atoms with Gasteiger partial charge in [0.15, 0.2) is 17.9 Å². The molecule has 1 aromatic heterocycles. The molecule has 0 bridgehead atoms. The van der Waals surface area contributed by atoms with Crippen LogP contribution in [0.5, 0.6) is 0 Å². The van der Waals surface area contributed by atoms with Gasteiger partial charge in [-0.05, 0) is 83.1 Å². The van der Waals surface area contributed by atoms with Crippen molar-refractivity contribution in [2.45, 2.75) is 146 Å². The van der Waals surface area contributed by atoms with E-state index in [1.807, 2.05) is 0 Å². The van der Waals surface area contributed by atoms with Crippen LogP contribution in [0.3, 0.4) is 0 Å². The number of imidazole rings is 1. The molecule has 33 nitrogen and oxygen atoms in total. The van der Waals surface area contributed by atoms with E-state index in [0.29, 0.717) is 31.4 Å². The molecule has 0 spiro atoms. The lowest BCUT2D eigenvalue weighted by Crippen LogP contribution is -2.59. The fraction of sp³-hybridized carbons (Fsp3) is 0.652. The molecule has 1 saturated heterocycles. The Morgan fingerprint density at radius 1 is 0.671 bits per heavy atom. The fourth-order valence-corrected chi connectivity index (χ4v) is 8.05. The maximum Gasteiger partial charge on any atom is 0.326 e. The van der Waals surface area contributed by atoms with Gasteiger partial charge in [-0.25, -0.2) is 9.78 Å². The van der Waals surface area contributed by atoms with Crippen LogP contribution < -0.4 is 83.1 Å². The normalized spacial score (nSPS) is 15.5. The number of unbranched alkanes of at least 4 members (excludes halogenated alkanes) is 1. The van der Waals surface area contributed by atoms with Gasteiger partial charge in [0.05, 0.1) is 25.3 Å². The van der Waals surface area contributed by atoms with Gasteiger partial charge in [-0.1, -0.05) is 13.8 Å². The zero-order valence-electron chi connectivity index (χ0n) is 44.6. The number of aromatic amines is 1. The van der Waals surface area contributed by atoms with E-state index in [1.54, 1.807) is 13.8 Å². The number of guanidine groups is 3. The van der Waals surface area contributed by atoms with Gasteiger partial charge in [0, 0.05) is 44.5 Å². The summed E-state index contributed by atoms with van der Waals surface area (Å²) in [5.74, 6) is -10.9. The van der Waals surface area contributed by atoms with Crippen LogP contribution in [0, 0.1) is 5.92 Å². The summed E-state index contributed by atoms with van der Waals surface area (Å²) in [7, 11) is 0. The van der Waals surface area contributed by atoms with Gasteiger partial charge < -0.3 is 103 Å². The maximum absolute atomic E-state index is 14.4. The van der Waals surface area contributed by atoms with E-state index >= 15 is 0 Å². The molecule has 2 rings (SSSR count). The molecule has 442 valence electrons. The summed E-state index contributed by atoms with van der Waals surface area (Å²) >= 11 is 0. The summed E-state index contributed by atoms with van der Waals surface area (Å²) in [6.07, 6.45) is 3.85. The first-order chi connectivity index (χ1) is 37.3. The molecule has 0 radical (unpaired) electrons. The third-order valence-corrected chi connectivity index (χ3v) is 12.2. The van der Waals surface area contributed by atoms with Crippen molar-refractivity contribution in [3.63, 3.8) is 0 Å². The van der Waals surface area contributed by atoms with E-state index in [-0.39, 0.29) is 102 Å². The van der Waals surface area contributed by atoms with Gasteiger partial charge in [0.2, 0.25) is 47.3 Å². The van der Waals surface area contributed by atoms with Crippen molar-refractivity contribution < 1.29 is 58.2 Å². The number of nitrogens with two attached hydrogens (primary N) is 8. The molecule has 33 heteroatoms. The van der Waals surface area contributed by atoms with Gasteiger partial charge >= 0.3 is 11.9 Å². The summed E-state index contributed by atoms with van der Waals surface area (Å²) in [4.78, 5) is 153. The van der Waals surface area contributed by atoms with Crippen LogP contribution in [0.2, 0.25) is 0 Å². The van der Waals surface area contributed by atoms with Crippen LogP contribution in [0.15, 0.2) is 27.5 Å². The van der Waals surface area contributed by atoms with Crippen molar-refractivity contribution >= 4 is 77.1 Å². The van der Waals surface area contributed by atoms with E-state index in [1.165, 1.54) is 17.4 Å². The first-order valence-electron chi connectivity index (χ1n) is 25.8. The number of aliphatic imine (C=N–C) groups is 3. The second kappa shape index (κ2) is 35.1. The van der Waals surface area contributed by atoms with Crippen molar-refractivity contribution in [2.24, 2.45) is 66.8 Å². The average molecular weight is 1120 g/mol. The highest BCUT2D eigenvalue weighted by Gasteiger charge is 2.40. The Hall–Kier alpha value is -8.36. The Bertz CT molecular complexity index is 2290. The number of hydrogen-bond acceptors (Lipinski definition) is 16. The quantitative estimate of drug-likeness (QED) is 0.0167. The standard InChI is InChI=1S/C46H81N21O12/c1-24(2)35(41(76)63-27(10-3-4-14-47)37(72)64-29(43(78)79)12-7-17-58-46(53)54)66-39(74)30(20-34(69)70)61-33(68)22-59-40(75)32-13-8-18-67(32)42(77)31(19-25-21-55-23-60-25)65-38(73)28(11-6-16-57-45(51)52)62-36(71)26(48)9-5-15-56-44(49)50/h21,23-24,26-32,35H,3-20,22,47-48H2,1-2H3,(H,55,60)(H,59,75)(H,61,68)(H,62,71)(H,63,76)(H,64,72)(H,65,73)(H,66,74)(H,69,70)(H,78,79)(H4,49,50,56)(H4,51,52,57)(H4,53,54,58). The van der Waals surface area contributed by atoms with E-state index in [9.17, 15) is 58.2 Å². The zero-order valence-corrected chi connectivity index (χ0v) is 44.6. The van der Waals surface area contributed by atoms with Crippen LogP contribution >= 0.6 is 0 Å². The van der Waals surface area contributed by atoms with Crippen LogP contribution in [0.4, 0.5) is 0 Å². The number of carboxylic acids is 2. The Labute approximate surface area is 456 Å². The van der Waals surface area contributed by atoms with E-state index in [4.69, 9.17) is 45.9 Å².